The topological polar surface area (TPSA) is 0 Å². The number of benzene rings is 4. The van der Waals surface area contributed by atoms with E-state index in [9.17, 15) is 0 Å². The van der Waals surface area contributed by atoms with E-state index in [1.165, 1.54) is 69.5 Å². The molecule has 0 saturated heterocycles. The van der Waals surface area contributed by atoms with Crippen LogP contribution in [0, 0.1) is 6.07 Å². The van der Waals surface area contributed by atoms with Gasteiger partial charge in [-0.1, -0.05) is 53.9 Å². The molecular weight excluding hydrogens is 534 g/mol. The van der Waals surface area contributed by atoms with Crippen LogP contribution in [-0.4, -0.2) is 3.21 Å². The molecule has 0 nitrogen and oxygen atoms in total. The minimum atomic E-state index is 0. The van der Waals surface area contributed by atoms with E-state index in [0.717, 1.165) is 6.42 Å². The fraction of sp³-hybridized carbons (Fsp3) is 0.161. The van der Waals surface area contributed by atoms with Crippen LogP contribution >= 0.6 is 0 Å². The Morgan fingerprint density at radius 3 is 2.00 bits per heavy atom. The first-order chi connectivity index (χ1) is 15.8. The summed E-state index contributed by atoms with van der Waals surface area (Å²) < 4.78 is 1.79. The number of hydrogen-bond acceptors (Lipinski definition) is 0. The van der Waals surface area contributed by atoms with E-state index >= 15 is 0 Å². The maximum Gasteiger partial charge on any atom is -0.0240 e. The molecule has 170 valence electrons. The van der Waals surface area contributed by atoms with Gasteiger partial charge in [-0.2, -0.15) is 18.2 Å². The maximum absolute atomic E-state index is 3.48. The summed E-state index contributed by atoms with van der Waals surface area (Å²) in [5, 5.41) is 5.30. The summed E-state index contributed by atoms with van der Waals surface area (Å²) in [5.41, 5.74) is 5.67. The second kappa shape index (κ2) is 12.7. The first-order valence-corrected chi connectivity index (χ1v) is 12.7. The molecule has 0 bridgehead atoms. The summed E-state index contributed by atoms with van der Waals surface area (Å²) in [5.74, 6) is 0. The Kier molecular flexibility index (Phi) is 9.96. The summed E-state index contributed by atoms with van der Waals surface area (Å²) in [4.78, 5) is 0. The molecule has 1 saturated carbocycles. The van der Waals surface area contributed by atoms with Gasteiger partial charge in [0.1, 0.15) is 0 Å². The Labute approximate surface area is 229 Å². The Morgan fingerprint density at radius 2 is 1.35 bits per heavy atom. The van der Waals surface area contributed by atoms with Crippen LogP contribution in [-0.2, 0) is 30.7 Å². The Balaban J connectivity index is 0.000000208. The van der Waals surface area contributed by atoms with Gasteiger partial charge < -0.3 is 24.8 Å². The number of fused-ring (bicyclic) bond motifs is 8. The summed E-state index contributed by atoms with van der Waals surface area (Å²) in [6, 6.07) is 37.3. The largest absolute Gasteiger partial charge is 0.214 e. The Morgan fingerprint density at radius 1 is 0.706 bits per heavy atom. The van der Waals surface area contributed by atoms with Gasteiger partial charge in [-0.05, 0) is 28.5 Å². The van der Waals surface area contributed by atoms with E-state index in [0.29, 0.717) is 0 Å². The molecule has 0 amide bonds. The summed E-state index contributed by atoms with van der Waals surface area (Å²) in [6.45, 7) is 0. The second-order valence-electron chi connectivity index (χ2n) is 8.46. The predicted octanol–water partition coefficient (Wildman–Crippen LogP) is 2.06. The second-order valence-corrected chi connectivity index (χ2v) is 10.2. The molecule has 2 aliphatic rings. The quantitative estimate of drug-likeness (QED) is 0.197. The average Bonchev–Trinajstić information content (AvgIpc) is 3.62. The fourth-order valence-corrected chi connectivity index (χ4v) is 5.72. The maximum atomic E-state index is 3.48. The molecule has 1 fully saturated rings. The third-order valence-electron chi connectivity index (χ3n) is 6.36. The molecule has 0 radical (unpaired) electrons. The average molecular weight is 561 g/mol. The van der Waals surface area contributed by atoms with Crippen LogP contribution in [0.3, 0.4) is 0 Å². The zero-order chi connectivity index (χ0) is 21.8. The van der Waals surface area contributed by atoms with Crippen LogP contribution in [0.5, 0.6) is 0 Å². The molecule has 0 unspecified atom stereocenters. The molecule has 0 N–H and O–H groups in total. The third-order valence-corrected chi connectivity index (χ3v) is 7.59. The molecule has 0 spiro atoms. The SMILES string of the molecule is [Cl-].[Cl-].[Zr+2]=[C]1CCCC1.[c-]1cccc2c1c1c(c3ccccc32)-c2ccccc2C1.c1cc[cH-]c1. The fourth-order valence-electron chi connectivity index (χ4n) is 4.85. The van der Waals surface area contributed by atoms with Gasteiger partial charge in [-0.3, -0.25) is 0 Å². The van der Waals surface area contributed by atoms with Crippen molar-refractivity contribution in [2.45, 2.75) is 32.1 Å². The molecule has 0 atom stereocenters. The monoisotopic (exact) mass is 558 g/mol. The minimum absolute atomic E-state index is 0. The van der Waals surface area contributed by atoms with E-state index < -0.39 is 0 Å². The van der Waals surface area contributed by atoms with Crippen molar-refractivity contribution in [1.82, 2.24) is 0 Å². The number of halogens is 2. The van der Waals surface area contributed by atoms with Gasteiger partial charge in [0.2, 0.25) is 0 Å². The molecule has 2 aliphatic carbocycles. The van der Waals surface area contributed by atoms with Gasteiger partial charge in [0, 0.05) is 0 Å². The van der Waals surface area contributed by atoms with Crippen molar-refractivity contribution in [3.8, 4) is 11.1 Å². The zero-order valence-corrected chi connectivity index (χ0v) is 23.0. The van der Waals surface area contributed by atoms with Crippen molar-refractivity contribution in [3.63, 3.8) is 0 Å². The van der Waals surface area contributed by atoms with Crippen molar-refractivity contribution in [3.05, 3.63) is 114 Å². The van der Waals surface area contributed by atoms with Crippen LogP contribution in [0.4, 0.5) is 0 Å². The molecule has 3 heteroatoms. The molecule has 5 aromatic carbocycles. The summed E-state index contributed by atoms with van der Waals surface area (Å²) in [6.07, 6.45) is 6.85. The van der Waals surface area contributed by atoms with Gasteiger partial charge in [0.05, 0.1) is 0 Å². The third kappa shape index (κ3) is 5.65. The van der Waals surface area contributed by atoms with Crippen LogP contribution in [0.15, 0.2) is 97.1 Å². The van der Waals surface area contributed by atoms with Crippen LogP contribution < -0.4 is 24.8 Å². The first kappa shape index (κ1) is 26.7. The van der Waals surface area contributed by atoms with Crippen LogP contribution in [0.1, 0.15) is 36.8 Å². The molecule has 7 rings (SSSR count). The van der Waals surface area contributed by atoms with E-state index in [4.69, 9.17) is 0 Å². The molecule has 0 aromatic heterocycles. The molecule has 0 heterocycles. The summed E-state index contributed by atoms with van der Waals surface area (Å²) >= 11 is 1.68. The molecular formula is C31H26Cl2Zr-2. The molecule has 34 heavy (non-hydrogen) atoms. The minimum Gasteiger partial charge on any atom is -0.214 e. The van der Waals surface area contributed by atoms with Crippen molar-refractivity contribution >= 4 is 24.8 Å². The number of rotatable bonds is 0. The Bertz CT molecular complexity index is 1340. The van der Waals surface area contributed by atoms with Gasteiger partial charge in [-0.15, -0.1) is 40.6 Å². The first-order valence-electron chi connectivity index (χ1n) is 11.5. The van der Waals surface area contributed by atoms with Crippen LogP contribution in [0.25, 0.3) is 32.7 Å². The molecule has 5 aromatic rings. The van der Waals surface area contributed by atoms with E-state index in [1.54, 1.807) is 27.4 Å². The Hall–Kier alpha value is -1.92. The van der Waals surface area contributed by atoms with Crippen molar-refractivity contribution < 1.29 is 49.0 Å². The van der Waals surface area contributed by atoms with Gasteiger partial charge in [-0.25, -0.2) is 12.1 Å². The van der Waals surface area contributed by atoms with Gasteiger partial charge >= 0.3 is 53.1 Å². The number of hydrogen-bond donors (Lipinski definition) is 0. The van der Waals surface area contributed by atoms with Crippen molar-refractivity contribution in [2.24, 2.45) is 0 Å². The van der Waals surface area contributed by atoms with Crippen LogP contribution in [0.2, 0.25) is 0 Å². The normalized spacial score (nSPS) is 12.9. The summed E-state index contributed by atoms with van der Waals surface area (Å²) in [7, 11) is 0. The van der Waals surface area contributed by atoms with Crippen molar-refractivity contribution in [2.75, 3.05) is 0 Å². The van der Waals surface area contributed by atoms with Gasteiger partial charge in [0.15, 0.2) is 0 Å². The van der Waals surface area contributed by atoms with Gasteiger partial charge in [0.25, 0.3) is 0 Å². The van der Waals surface area contributed by atoms with E-state index in [2.05, 4.69) is 66.7 Å². The zero-order valence-electron chi connectivity index (χ0n) is 19.0. The standard InChI is InChI=1S/C21H13.C5H8.C5H5.2ClH.Zr/c1-2-8-15-14(7-1)13-20-18-11-4-3-9-16(18)17-10-5-6-12-19(17)21(15)20;2*1-2-4-5-3-1;;;/h1-10,12H,13H2;1-4H2;1-5H;2*1H;/q-1;;-1;;;+2/p-2. The smallest absolute Gasteiger partial charge is 0.0240 e. The van der Waals surface area contributed by atoms with E-state index in [1.807, 2.05) is 36.4 Å². The van der Waals surface area contributed by atoms with Crippen molar-refractivity contribution in [1.29, 1.82) is 0 Å². The van der Waals surface area contributed by atoms with E-state index in [-0.39, 0.29) is 24.8 Å². The predicted molar refractivity (Wildman–Crippen MR) is 134 cm³/mol. The molecule has 0 aliphatic heterocycles.